The molecule has 2 atom stereocenters. The van der Waals surface area contributed by atoms with E-state index in [1.807, 2.05) is 25.1 Å². The van der Waals surface area contributed by atoms with Gasteiger partial charge in [-0.05, 0) is 32.4 Å². The van der Waals surface area contributed by atoms with Crippen LogP contribution in [0.4, 0.5) is 0 Å². The van der Waals surface area contributed by atoms with Crippen LogP contribution >= 0.6 is 11.6 Å². The summed E-state index contributed by atoms with van der Waals surface area (Å²) in [7, 11) is 0. The first-order valence-electron chi connectivity index (χ1n) is 6.78. The Morgan fingerprint density at radius 3 is 2.63 bits per heavy atom. The van der Waals surface area contributed by atoms with Gasteiger partial charge in [-0.1, -0.05) is 29.8 Å². The van der Waals surface area contributed by atoms with Crippen LogP contribution in [0.5, 0.6) is 0 Å². The summed E-state index contributed by atoms with van der Waals surface area (Å²) in [4.78, 5) is 2.42. The van der Waals surface area contributed by atoms with E-state index < -0.39 is 0 Å². The van der Waals surface area contributed by atoms with E-state index in [9.17, 15) is 0 Å². The molecule has 1 heterocycles. The second-order valence-corrected chi connectivity index (χ2v) is 6.29. The van der Waals surface area contributed by atoms with Gasteiger partial charge in [0.15, 0.2) is 0 Å². The summed E-state index contributed by atoms with van der Waals surface area (Å²) in [5, 5.41) is 0.784. The first-order chi connectivity index (χ1) is 8.93. The Morgan fingerprint density at radius 2 is 2.05 bits per heavy atom. The molecule has 3 nitrogen and oxygen atoms in total. The van der Waals surface area contributed by atoms with Crippen molar-refractivity contribution in [2.45, 2.75) is 38.4 Å². The lowest BCUT2D eigenvalue weighted by Gasteiger charge is -2.48. The number of hydrogen-bond donors (Lipinski definition) is 1. The fraction of sp³-hybridized carbons (Fsp3) is 0.600. The summed E-state index contributed by atoms with van der Waals surface area (Å²) in [5.41, 5.74) is 7.32. The van der Waals surface area contributed by atoms with Crippen LogP contribution in [0.2, 0.25) is 5.02 Å². The van der Waals surface area contributed by atoms with Gasteiger partial charge in [-0.25, -0.2) is 0 Å². The zero-order valence-electron chi connectivity index (χ0n) is 11.9. The number of hydrogen-bond acceptors (Lipinski definition) is 3. The molecule has 0 amide bonds. The number of nitrogens with two attached hydrogens (primary N) is 1. The lowest BCUT2D eigenvalue weighted by atomic mass is 9.92. The highest BCUT2D eigenvalue weighted by Gasteiger charge is 2.38. The second kappa shape index (κ2) is 5.80. The Morgan fingerprint density at radius 1 is 1.37 bits per heavy atom. The molecule has 2 unspecified atom stereocenters. The number of nitrogens with zero attached hydrogens (tertiary/aromatic N) is 1. The summed E-state index contributed by atoms with van der Waals surface area (Å²) in [6, 6.07) is 8.10. The summed E-state index contributed by atoms with van der Waals surface area (Å²) in [5.74, 6) is 0. The van der Waals surface area contributed by atoms with Gasteiger partial charge in [0.1, 0.15) is 0 Å². The molecular weight excluding hydrogens is 260 g/mol. The Labute approximate surface area is 120 Å². The van der Waals surface area contributed by atoms with Gasteiger partial charge in [-0.2, -0.15) is 0 Å². The van der Waals surface area contributed by atoms with E-state index >= 15 is 0 Å². The van der Waals surface area contributed by atoms with Gasteiger partial charge in [-0.15, -0.1) is 0 Å². The average Bonchev–Trinajstić information content (AvgIpc) is 2.33. The van der Waals surface area contributed by atoms with E-state index in [2.05, 4.69) is 24.8 Å². The molecule has 0 bridgehead atoms. The molecule has 1 aliphatic rings. The highest BCUT2D eigenvalue weighted by atomic mass is 35.5. The van der Waals surface area contributed by atoms with Crippen molar-refractivity contribution in [3.63, 3.8) is 0 Å². The van der Waals surface area contributed by atoms with Crippen LogP contribution in [0.3, 0.4) is 0 Å². The summed E-state index contributed by atoms with van der Waals surface area (Å²) in [6.45, 7) is 8.78. The van der Waals surface area contributed by atoms with Gasteiger partial charge >= 0.3 is 0 Å². The third-order valence-electron chi connectivity index (χ3n) is 3.77. The molecule has 1 aliphatic heterocycles. The van der Waals surface area contributed by atoms with Crippen LogP contribution in [-0.4, -0.2) is 36.2 Å². The third kappa shape index (κ3) is 3.11. The van der Waals surface area contributed by atoms with Gasteiger partial charge in [0, 0.05) is 23.1 Å². The maximum absolute atomic E-state index is 6.36. The number of morpholine rings is 1. The Bertz CT molecular complexity index is 434. The molecule has 1 aromatic carbocycles. The lowest BCUT2D eigenvalue weighted by molar-refractivity contribution is -0.0765. The van der Waals surface area contributed by atoms with E-state index in [1.54, 1.807) is 0 Å². The van der Waals surface area contributed by atoms with Crippen molar-refractivity contribution in [3.05, 3.63) is 34.9 Å². The lowest BCUT2D eigenvalue weighted by Crippen LogP contribution is -2.57. The molecule has 0 radical (unpaired) electrons. The Kier molecular flexibility index (Phi) is 4.51. The molecule has 2 N–H and O–H groups in total. The van der Waals surface area contributed by atoms with E-state index in [-0.39, 0.29) is 17.6 Å². The largest absolute Gasteiger partial charge is 0.378 e. The zero-order chi connectivity index (χ0) is 14.0. The number of rotatable bonds is 3. The molecule has 1 aromatic rings. The summed E-state index contributed by atoms with van der Waals surface area (Å²) < 4.78 is 5.60. The second-order valence-electron chi connectivity index (χ2n) is 5.88. The van der Waals surface area contributed by atoms with Gasteiger partial charge < -0.3 is 10.5 Å². The number of ether oxygens (including phenoxy) is 1. The first kappa shape index (κ1) is 14.8. The molecule has 2 rings (SSSR count). The van der Waals surface area contributed by atoms with Gasteiger partial charge in [0.2, 0.25) is 0 Å². The van der Waals surface area contributed by atoms with E-state index in [1.165, 1.54) is 0 Å². The average molecular weight is 283 g/mol. The van der Waals surface area contributed by atoms with Crippen molar-refractivity contribution in [1.29, 1.82) is 0 Å². The predicted octanol–water partition coefficient (Wildman–Crippen LogP) is 2.84. The van der Waals surface area contributed by atoms with E-state index in [0.717, 1.165) is 30.3 Å². The maximum Gasteiger partial charge on any atom is 0.0645 e. The summed E-state index contributed by atoms with van der Waals surface area (Å²) in [6.07, 6.45) is 0. The predicted molar refractivity (Wildman–Crippen MR) is 79.4 cm³/mol. The third-order valence-corrected chi connectivity index (χ3v) is 4.11. The van der Waals surface area contributed by atoms with Crippen LogP contribution in [0, 0.1) is 0 Å². The molecule has 0 spiro atoms. The van der Waals surface area contributed by atoms with Gasteiger partial charge in [-0.3, -0.25) is 4.90 Å². The normalized spacial score (nSPS) is 23.0. The summed E-state index contributed by atoms with van der Waals surface area (Å²) >= 11 is 6.36. The quantitative estimate of drug-likeness (QED) is 0.926. The van der Waals surface area contributed by atoms with Crippen molar-refractivity contribution >= 4 is 11.6 Å². The van der Waals surface area contributed by atoms with Gasteiger partial charge in [0.25, 0.3) is 0 Å². The molecule has 0 saturated carbocycles. The highest BCUT2D eigenvalue weighted by molar-refractivity contribution is 6.31. The smallest absolute Gasteiger partial charge is 0.0645 e. The molecule has 1 saturated heterocycles. The van der Waals surface area contributed by atoms with Gasteiger partial charge in [0.05, 0.1) is 19.3 Å². The minimum Gasteiger partial charge on any atom is -0.378 e. The standard InChI is InChI=1S/C15H23ClN2O/c1-11(17)14(12-6-4-5-7-13(12)16)18-8-9-19-10-15(18,2)3/h4-7,11,14H,8-10,17H2,1-3H3. The van der Waals surface area contributed by atoms with Crippen molar-refractivity contribution in [2.24, 2.45) is 5.73 Å². The Hall–Kier alpha value is -0.610. The topological polar surface area (TPSA) is 38.5 Å². The molecule has 19 heavy (non-hydrogen) atoms. The van der Waals surface area contributed by atoms with Crippen molar-refractivity contribution < 1.29 is 4.74 Å². The van der Waals surface area contributed by atoms with Crippen LogP contribution in [0.25, 0.3) is 0 Å². The SMILES string of the molecule is CC(N)C(c1ccccc1Cl)N1CCOCC1(C)C. The molecule has 1 fully saturated rings. The fourth-order valence-corrected chi connectivity index (χ4v) is 3.08. The van der Waals surface area contributed by atoms with Crippen LogP contribution < -0.4 is 5.73 Å². The maximum atomic E-state index is 6.36. The van der Waals surface area contributed by atoms with Crippen molar-refractivity contribution in [3.8, 4) is 0 Å². The van der Waals surface area contributed by atoms with Crippen molar-refractivity contribution in [1.82, 2.24) is 4.90 Å². The molecule has 4 heteroatoms. The molecule has 0 aliphatic carbocycles. The number of benzene rings is 1. The molecular formula is C15H23ClN2O. The monoisotopic (exact) mass is 282 g/mol. The molecule has 0 aromatic heterocycles. The highest BCUT2D eigenvalue weighted by Crippen LogP contribution is 2.35. The first-order valence-corrected chi connectivity index (χ1v) is 7.16. The van der Waals surface area contributed by atoms with E-state index in [4.69, 9.17) is 22.1 Å². The molecule has 106 valence electrons. The minimum atomic E-state index is -0.0320. The van der Waals surface area contributed by atoms with Crippen LogP contribution in [-0.2, 0) is 4.74 Å². The van der Waals surface area contributed by atoms with Crippen molar-refractivity contribution in [2.75, 3.05) is 19.8 Å². The fourth-order valence-electron chi connectivity index (χ4n) is 2.84. The minimum absolute atomic E-state index is 0.0114. The number of halogens is 1. The van der Waals surface area contributed by atoms with Crippen LogP contribution in [0.1, 0.15) is 32.4 Å². The van der Waals surface area contributed by atoms with Crippen LogP contribution in [0.15, 0.2) is 24.3 Å². The zero-order valence-corrected chi connectivity index (χ0v) is 12.7. The van der Waals surface area contributed by atoms with E-state index in [0.29, 0.717) is 0 Å². The Balaban J connectivity index is 2.38.